The number of carboxylic acids is 1. The van der Waals surface area contributed by atoms with Crippen LogP contribution in [-0.4, -0.2) is 38.9 Å². The summed E-state index contributed by atoms with van der Waals surface area (Å²) in [4.78, 5) is 40.1. The Kier molecular flexibility index (Phi) is 4.09. The second kappa shape index (κ2) is 5.54. The fourth-order valence-electron chi connectivity index (χ4n) is 1.06. The maximum absolute atomic E-state index is 11.5. The first-order valence-electron chi connectivity index (χ1n) is 4.58. The Morgan fingerprint density at radius 3 is 2.65 bits per heavy atom. The van der Waals surface area contributed by atoms with Crippen LogP contribution in [0.25, 0.3) is 0 Å². The summed E-state index contributed by atoms with van der Waals surface area (Å²) in [5.74, 6) is -2.87. The van der Waals surface area contributed by atoms with Gasteiger partial charge in [-0.05, 0) is 6.07 Å². The fraction of sp³-hybridized carbons (Fsp3) is 0.222. The highest BCUT2D eigenvalue weighted by atomic mass is 16.4. The molecule has 0 radical (unpaired) electrons. The number of nitrogens with two attached hydrogens (primary N) is 1. The van der Waals surface area contributed by atoms with Gasteiger partial charge >= 0.3 is 5.97 Å². The van der Waals surface area contributed by atoms with Crippen molar-refractivity contribution in [2.75, 3.05) is 0 Å². The Labute approximate surface area is 95.9 Å². The Morgan fingerprint density at radius 1 is 1.47 bits per heavy atom. The molecule has 0 aliphatic carbocycles. The van der Waals surface area contributed by atoms with E-state index in [-0.39, 0.29) is 5.69 Å². The topological polar surface area (TPSA) is 135 Å². The summed E-state index contributed by atoms with van der Waals surface area (Å²) >= 11 is 0. The van der Waals surface area contributed by atoms with Gasteiger partial charge in [0.05, 0.1) is 6.42 Å². The number of nitrogens with one attached hydrogen (secondary N) is 1. The lowest BCUT2D eigenvalue weighted by Crippen LogP contribution is -2.43. The number of primary amides is 1. The van der Waals surface area contributed by atoms with E-state index in [4.69, 9.17) is 10.8 Å². The maximum atomic E-state index is 11.5. The molecule has 17 heavy (non-hydrogen) atoms. The zero-order valence-corrected chi connectivity index (χ0v) is 8.66. The average molecular weight is 238 g/mol. The third-order valence-corrected chi connectivity index (χ3v) is 1.82. The molecule has 0 saturated carbocycles. The van der Waals surface area contributed by atoms with Crippen LogP contribution in [0.4, 0.5) is 0 Å². The number of aromatic nitrogens is 2. The molecule has 2 amide bonds. The largest absolute Gasteiger partial charge is 0.480 e. The van der Waals surface area contributed by atoms with E-state index in [1.807, 2.05) is 0 Å². The van der Waals surface area contributed by atoms with Gasteiger partial charge in [0.15, 0.2) is 0 Å². The minimum atomic E-state index is -1.37. The molecule has 0 unspecified atom stereocenters. The van der Waals surface area contributed by atoms with Gasteiger partial charge in [-0.2, -0.15) is 0 Å². The number of hydrogen-bond donors (Lipinski definition) is 3. The number of nitrogens with zero attached hydrogens (tertiary/aromatic N) is 2. The zero-order chi connectivity index (χ0) is 12.8. The lowest BCUT2D eigenvalue weighted by molar-refractivity contribution is -0.140. The molecule has 0 fully saturated rings. The molecule has 1 heterocycles. The van der Waals surface area contributed by atoms with E-state index in [9.17, 15) is 14.4 Å². The molecule has 0 saturated heterocycles. The molecule has 0 aliphatic heterocycles. The summed E-state index contributed by atoms with van der Waals surface area (Å²) in [7, 11) is 0. The Balaban J connectivity index is 2.71. The molecule has 1 atom stereocenters. The van der Waals surface area contributed by atoms with Crippen molar-refractivity contribution in [3.05, 3.63) is 24.3 Å². The van der Waals surface area contributed by atoms with Crippen LogP contribution in [0.2, 0.25) is 0 Å². The quantitative estimate of drug-likeness (QED) is 0.573. The number of amides is 2. The van der Waals surface area contributed by atoms with Crippen LogP contribution < -0.4 is 11.1 Å². The van der Waals surface area contributed by atoms with Crippen molar-refractivity contribution in [1.82, 2.24) is 15.3 Å². The molecular weight excluding hydrogens is 228 g/mol. The van der Waals surface area contributed by atoms with E-state index in [1.54, 1.807) is 0 Å². The average Bonchev–Trinajstić information content (AvgIpc) is 2.28. The molecule has 1 rings (SSSR count). The van der Waals surface area contributed by atoms with Crippen LogP contribution in [0.15, 0.2) is 18.6 Å². The third kappa shape index (κ3) is 3.86. The number of hydrogen-bond acceptors (Lipinski definition) is 5. The standard InChI is InChI=1S/C9H10N4O4/c10-7(14)3-6(9(16)17)13-8(15)5-1-2-11-4-12-5/h1-2,4,6H,3H2,(H2,10,14)(H,13,15)(H,16,17)/t6-/m0/s1. The van der Waals surface area contributed by atoms with Crippen molar-refractivity contribution < 1.29 is 19.5 Å². The maximum Gasteiger partial charge on any atom is 0.326 e. The monoisotopic (exact) mass is 238 g/mol. The van der Waals surface area contributed by atoms with Gasteiger partial charge in [-0.15, -0.1) is 0 Å². The highest BCUT2D eigenvalue weighted by molar-refractivity contribution is 5.96. The number of carbonyl (C=O) groups excluding carboxylic acids is 2. The van der Waals surface area contributed by atoms with E-state index in [2.05, 4.69) is 15.3 Å². The molecule has 0 aromatic carbocycles. The molecule has 1 aromatic rings. The van der Waals surface area contributed by atoms with Crippen molar-refractivity contribution in [1.29, 1.82) is 0 Å². The van der Waals surface area contributed by atoms with Gasteiger partial charge in [-0.3, -0.25) is 9.59 Å². The van der Waals surface area contributed by atoms with Crippen LogP contribution >= 0.6 is 0 Å². The molecule has 0 spiro atoms. The van der Waals surface area contributed by atoms with Crippen molar-refractivity contribution in [3.8, 4) is 0 Å². The first-order chi connectivity index (χ1) is 8.00. The normalized spacial score (nSPS) is 11.5. The van der Waals surface area contributed by atoms with Crippen LogP contribution in [0.1, 0.15) is 16.9 Å². The van der Waals surface area contributed by atoms with Gasteiger partial charge in [0.25, 0.3) is 5.91 Å². The second-order valence-electron chi connectivity index (χ2n) is 3.13. The highest BCUT2D eigenvalue weighted by Gasteiger charge is 2.22. The number of rotatable bonds is 5. The fourth-order valence-corrected chi connectivity index (χ4v) is 1.06. The van der Waals surface area contributed by atoms with Crippen molar-refractivity contribution in [2.45, 2.75) is 12.5 Å². The Morgan fingerprint density at radius 2 is 2.18 bits per heavy atom. The van der Waals surface area contributed by atoms with Gasteiger partial charge in [-0.25, -0.2) is 14.8 Å². The van der Waals surface area contributed by atoms with E-state index in [0.717, 1.165) is 6.33 Å². The van der Waals surface area contributed by atoms with E-state index in [1.165, 1.54) is 12.3 Å². The van der Waals surface area contributed by atoms with Crippen molar-refractivity contribution in [3.63, 3.8) is 0 Å². The van der Waals surface area contributed by atoms with Gasteiger partial charge < -0.3 is 16.2 Å². The molecule has 8 nitrogen and oxygen atoms in total. The van der Waals surface area contributed by atoms with Crippen LogP contribution in [0.3, 0.4) is 0 Å². The minimum absolute atomic E-state index is 0.00993. The third-order valence-electron chi connectivity index (χ3n) is 1.82. The van der Waals surface area contributed by atoms with Gasteiger partial charge in [-0.1, -0.05) is 0 Å². The predicted octanol–water partition coefficient (Wildman–Crippen LogP) is -1.46. The highest BCUT2D eigenvalue weighted by Crippen LogP contribution is 1.96. The molecule has 90 valence electrons. The molecule has 0 bridgehead atoms. The summed E-state index contributed by atoms with van der Waals surface area (Å²) in [5.41, 5.74) is 4.88. The molecule has 0 aliphatic rings. The lowest BCUT2D eigenvalue weighted by Gasteiger charge is -2.11. The molecule has 4 N–H and O–H groups in total. The van der Waals surface area contributed by atoms with Crippen LogP contribution in [0.5, 0.6) is 0 Å². The van der Waals surface area contributed by atoms with Gasteiger partial charge in [0.2, 0.25) is 5.91 Å². The number of aliphatic carboxylic acids is 1. The summed E-state index contributed by atoms with van der Waals surface area (Å²) < 4.78 is 0. The van der Waals surface area contributed by atoms with Crippen molar-refractivity contribution >= 4 is 17.8 Å². The van der Waals surface area contributed by atoms with Gasteiger partial charge in [0, 0.05) is 6.20 Å². The van der Waals surface area contributed by atoms with Crippen LogP contribution in [0, 0.1) is 0 Å². The minimum Gasteiger partial charge on any atom is -0.480 e. The van der Waals surface area contributed by atoms with Crippen molar-refractivity contribution in [2.24, 2.45) is 5.73 Å². The molecule has 1 aromatic heterocycles. The predicted molar refractivity (Wildman–Crippen MR) is 54.7 cm³/mol. The first kappa shape index (κ1) is 12.6. The lowest BCUT2D eigenvalue weighted by atomic mass is 10.2. The second-order valence-corrected chi connectivity index (χ2v) is 3.13. The molecule has 8 heteroatoms. The number of carboxylic acid groups (broad SMARTS) is 1. The Bertz CT molecular complexity index is 434. The van der Waals surface area contributed by atoms with Gasteiger partial charge in [0.1, 0.15) is 18.1 Å². The van der Waals surface area contributed by atoms with E-state index in [0.29, 0.717) is 0 Å². The smallest absolute Gasteiger partial charge is 0.326 e. The number of carbonyl (C=O) groups is 3. The van der Waals surface area contributed by atoms with E-state index >= 15 is 0 Å². The SMILES string of the molecule is NC(=O)C[C@H](NC(=O)c1ccncn1)C(=O)O. The molecular formula is C9H10N4O4. The van der Waals surface area contributed by atoms with E-state index < -0.39 is 30.2 Å². The Hall–Kier alpha value is -2.51. The summed E-state index contributed by atoms with van der Waals surface area (Å²) in [6.07, 6.45) is 2.01. The van der Waals surface area contributed by atoms with Crippen LogP contribution in [-0.2, 0) is 9.59 Å². The first-order valence-corrected chi connectivity index (χ1v) is 4.58. The zero-order valence-electron chi connectivity index (χ0n) is 8.66. The summed E-state index contributed by atoms with van der Waals surface area (Å²) in [5, 5.41) is 10.9. The summed E-state index contributed by atoms with van der Waals surface area (Å²) in [6.45, 7) is 0. The summed E-state index contributed by atoms with van der Waals surface area (Å²) in [6, 6.07) is -0.0478.